The van der Waals surface area contributed by atoms with E-state index in [2.05, 4.69) is 5.32 Å². The summed E-state index contributed by atoms with van der Waals surface area (Å²) in [7, 11) is 4.86. The molecule has 5 heteroatoms. The highest BCUT2D eigenvalue weighted by atomic mass is 16.7. The molecule has 0 aliphatic rings. The molecule has 0 unspecified atom stereocenters. The monoisotopic (exact) mass is 328 g/mol. The first kappa shape index (κ1) is 18.3. The van der Waals surface area contributed by atoms with Gasteiger partial charge in [-0.05, 0) is 18.2 Å². The van der Waals surface area contributed by atoms with Crippen LogP contribution in [0.15, 0.2) is 60.7 Å². The average molecular weight is 328 g/mol. The zero-order valence-electron chi connectivity index (χ0n) is 14.3. The molecule has 5 nitrogen and oxygen atoms in total. The number of ether oxygens (including phenoxy) is 2. The molecule has 0 atom stereocenters. The number of hydrogen-bond acceptors (Lipinski definition) is 5. The number of rotatable bonds is 9. The van der Waals surface area contributed by atoms with Gasteiger partial charge >= 0.3 is 0 Å². The number of carbonyl (C=O) groups excluding carboxylic acids is 1. The number of aldehydes is 1. The van der Waals surface area contributed by atoms with Crippen LogP contribution in [0.25, 0.3) is 0 Å². The fourth-order valence-electron chi connectivity index (χ4n) is 2.69. The highest BCUT2D eigenvalue weighted by Crippen LogP contribution is 2.26. The van der Waals surface area contributed by atoms with E-state index in [4.69, 9.17) is 9.47 Å². The van der Waals surface area contributed by atoms with E-state index in [1.807, 2.05) is 60.7 Å². The maximum atomic E-state index is 10.9. The van der Waals surface area contributed by atoms with Crippen LogP contribution in [0.3, 0.4) is 0 Å². The van der Waals surface area contributed by atoms with Crippen molar-refractivity contribution in [1.29, 1.82) is 0 Å². The van der Waals surface area contributed by atoms with Gasteiger partial charge in [-0.1, -0.05) is 60.7 Å². The summed E-state index contributed by atoms with van der Waals surface area (Å²) in [6, 6.07) is 18.7. The maximum absolute atomic E-state index is 10.9. The molecule has 2 rings (SSSR count). The second kappa shape index (κ2) is 8.70. The quantitative estimate of drug-likeness (QED) is 0.566. The van der Waals surface area contributed by atoms with Crippen molar-refractivity contribution >= 4 is 6.29 Å². The van der Waals surface area contributed by atoms with Gasteiger partial charge in [-0.25, -0.2) is 10.2 Å². The van der Waals surface area contributed by atoms with E-state index in [-0.39, 0.29) is 12.6 Å². The number of carbonyl (C=O) groups is 1. The standard InChI is InChI=1S/C19H24N2O3/c1-21(14-15-22)19(23-2,24-3)20-18(16-10-6-4-7-11-16)17-12-8-5-9-13-17/h4-13,15,18,20H,14H2,1-3H3. The molecule has 128 valence electrons. The lowest BCUT2D eigenvalue weighted by atomic mass is 9.98. The smallest absolute Gasteiger partial charge is 0.294 e. The SMILES string of the molecule is COC(NC(c1ccccc1)c1ccccc1)(OC)N(C)CC=O. The Hall–Kier alpha value is -2.05. The lowest BCUT2D eigenvalue weighted by Gasteiger charge is -2.41. The van der Waals surface area contributed by atoms with Crippen LogP contribution in [-0.2, 0) is 14.3 Å². The summed E-state index contributed by atoms with van der Waals surface area (Å²) in [6.45, 7) is 0.172. The highest BCUT2D eigenvalue weighted by Gasteiger charge is 2.38. The van der Waals surface area contributed by atoms with Gasteiger partial charge in [0.05, 0.1) is 12.6 Å². The Kier molecular flexibility index (Phi) is 6.63. The molecule has 0 aliphatic heterocycles. The minimum Gasteiger partial charge on any atom is -0.328 e. The summed E-state index contributed by atoms with van der Waals surface area (Å²) in [5.41, 5.74) is 2.14. The van der Waals surface area contributed by atoms with E-state index in [0.717, 1.165) is 17.4 Å². The molecule has 1 N–H and O–H groups in total. The number of nitrogens with zero attached hydrogens (tertiary/aromatic N) is 1. The third-order valence-corrected chi connectivity index (χ3v) is 4.00. The molecule has 0 aliphatic carbocycles. The van der Waals surface area contributed by atoms with E-state index in [1.54, 1.807) is 26.2 Å². The number of methoxy groups -OCH3 is 2. The number of nitrogens with one attached hydrogen (secondary N) is 1. The molecular formula is C19H24N2O3. The van der Waals surface area contributed by atoms with Crippen LogP contribution in [-0.4, -0.2) is 45.0 Å². The van der Waals surface area contributed by atoms with Crippen molar-refractivity contribution in [3.63, 3.8) is 0 Å². The van der Waals surface area contributed by atoms with Crippen molar-refractivity contribution in [2.45, 2.75) is 12.1 Å². The average Bonchev–Trinajstić information content (AvgIpc) is 2.65. The molecule has 0 spiro atoms. The Balaban J connectivity index is 2.41. The Morgan fingerprint density at radius 1 is 1.00 bits per heavy atom. The summed E-state index contributed by atoms with van der Waals surface area (Å²) >= 11 is 0. The van der Waals surface area contributed by atoms with Crippen molar-refractivity contribution in [2.24, 2.45) is 0 Å². The number of likely N-dealkylation sites (N-methyl/N-ethyl adjacent to an activating group) is 1. The molecule has 0 amide bonds. The van der Waals surface area contributed by atoms with Crippen LogP contribution in [0.1, 0.15) is 17.2 Å². The zero-order chi connectivity index (χ0) is 17.4. The van der Waals surface area contributed by atoms with Gasteiger partial charge in [0.25, 0.3) is 6.03 Å². The number of hydrogen-bond donors (Lipinski definition) is 1. The Morgan fingerprint density at radius 3 is 1.83 bits per heavy atom. The molecule has 0 bridgehead atoms. The van der Waals surface area contributed by atoms with Crippen molar-refractivity contribution < 1.29 is 14.3 Å². The van der Waals surface area contributed by atoms with Gasteiger partial charge in [-0.3, -0.25) is 0 Å². The molecule has 0 heterocycles. The first-order chi connectivity index (χ1) is 11.7. The molecule has 24 heavy (non-hydrogen) atoms. The predicted octanol–water partition coefficient (Wildman–Crippen LogP) is 2.40. The molecule has 2 aromatic rings. The van der Waals surface area contributed by atoms with Gasteiger partial charge < -0.3 is 14.3 Å². The van der Waals surface area contributed by atoms with E-state index in [1.165, 1.54) is 0 Å². The molecule has 2 aromatic carbocycles. The minimum absolute atomic E-state index is 0.165. The minimum atomic E-state index is -1.22. The normalized spacial score (nSPS) is 11.9. The molecule has 0 radical (unpaired) electrons. The van der Waals surface area contributed by atoms with Gasteiger partial charge in [-0.2, -0.15) is 0 Å². The molecular weight excluding hydrogens is 304 g/mol. The fraction of sp³-hybridized carbons (Fsp3) is 0.316. The summed E-state index contributed by atoms with van der Waals surface area (Å²) in [5, 5.41) is 3.41. The second-order valence-corrected chi connectivity index (χ2v) is 5.44. The first-order valence-electron chi connectivity index (χ1n) is 7.79. The third-order valence-electron chi connectivity index (χ3n) is 4.00. The Labute approximate surface area is 143 Å². The first-order valence-corrected chi connectivity index (χ1v) is 7.79. The largest absolute Gasteiger partial charge is 0.328 e. The van der Waals surface area contributed by atoms with Crippen LogP contribution in [0, 0.1) is 0 Å². The summed E-state index contributed by atoms with van der Waals surface area (Å²) in [4.78, 5) is 12.6. The Bertz CT molecular complexity index is 576. The van der Waals surface area contributed by atoms with Crippen molar-refractivity contribution in [2.75, 3.05) is 27.8 Å². The van der Waals surface area contributed by atoms with Gasteiger partial charge in [-0.15, -0.1) is 0 Å². The van der Waals surface area contributed by atoms with Crippen LogP contribution < -0.4 is 5.32 Å². The second-order valence-electron chi connectivity index (χ2n) is 5.44. The molecule has 0 saturated carbocycles. The lowest BCUT2D eigenvalue weighted by molar-refractivity contribution is -0.309. The number of benzene rings is 2. The summed E-state index contributed by atoms with van der Waals surface area (Å²) < 4.78 is 11.2. The molecule has 0 saturated heterocycles. The maximum Gasteiger partial charge on any atom is 0.294 e. The van der Waals surface area contributed by atoms with Gasteiger partial charge in [0.15, 0.2) is 0 Å². The predicted molar refractivity (Wildman–Crippen MR) is 93.3 cm³/mol. The van der Waals surface area contributed by atoms with E-state index >= 15 is 0 Å². The van der Waals surface area contributed by atoms with Crippen LogP contribution >= 0.6 is 0 Å². The van der Waals surface area contributed by atoms with Crippen molar-refractivity contribution in [3.05, 3.63) is 71.8 Å². The fourth-order valence-corrected chi connectivity index (χ4v) is 2.69. The summed E-state index contributed by atoms with van der Waals surface area (Å²) in [6.07, 6.45) is 0.814. The van der Waals surface area contributed by atoms with Crippen LogP contribution in [0.5, 0.6) is 0 Å². The molecule has 0 aromatic heterocycles. The van der Waals surface area contributed by atoms with E-state index in [0.29, 0.717) is 0 Å². The van der Waals surface area contributed by atoms with E-state index in [9.17, 15) is 4.79 Å². The van der Waals surface area contributed by atoms with Crippen LogP contribution in [0.2, 0.25) is 0 Å². The highest BCUT2D eigenvalue weighted by molar-refractivity contribution is 5.52. The lowest BCUT2D eigenvalue weighted by Crippen LogP contribution is -2.61. The summed E-state index contributed by atoms with van der Waals surface area (Å²) in [5.74, 6) is 0. The third kappa shape index (κ3) is 4.07. The van der Waals surface area contributed by atoms with Gasteiger partial charge in [0.1, 0.15) is 6.29 Å². The van der Waals surface area contributed by atoms with Gasteiger partial charge in [0, 0.05) is 14.2 Å². The van der Waals surface area contributed by atoms with Gasteiger partial charge in [0.2, 0.25) is 0 Å². The van der Waals surface area contributed by atoms with Crippen molar-refractivity contribution in [3.8, 4) is 0 Å². The topological polar surface area (TPSA) is 50.8 Å². The zero-order valence-corrected chi connectivity index (χ0v) is 14.3. The van der Waals surface area contributed by atoms with Crippen molar-refractivity contribution in [1.82, 2.24) is 10.2 Å². The van der Waals surface area contributed by atoms with Crippen LogP contribution in [0.4, 0.5) is 0 Å². The van der Waals surface area contributed by atoms with E-state index < -0.39 is 6.03 Å². The molecule has 0 fully saturated rings. The Morgan fingerprint density at radius 2 is 1.46 bits per heavy atom.